The first-order valence-corrected chi connectivity index (χ1v) is 9.39. The molecule has 2 unspecified atom stereocenters. The molecule has 2 saturated heterocycles. The number of rotatable bonds is 3. The van der Waals surface area contributed by atoms with Crippen LogP contribution in [-0.2, 0) is 0 Å². The largest absolute Gasteiger partial charge is 0.356 e. The SMILES string of the molecule is Cc1cc(C)n(-c2cc(N3CC4CN(C(=O)c5ccno5)CC4C3)ncn2)n1. The van der Waals surface area contributed by atoms with Gasteiger partial charge in [0, 0.05) is 55.8 Å². The van der Waals surface area contributed by atoms with Gasteiger partial charge in [-0.1, -0.05) is 5.16 Å². The number of fused-ring (bicyclic) bond motifs is 1. The number of aryl methyl sites for hydroxylation is 2. The fourth-order valence-electron chi connectivity index (χ4n) is 4.31. The zero-order valence-corrected chi connectivity index (χ0v) is 15.8. The first kappa shape index (κ1) is 16.9. The van der Waals surface area contributed by atoms with Crippen molar-refractivity contribution in [1.29, 1.82) is 0 Å². The van der Waals surface area contributed by atoms with Crippen LogP contribution in [0.4, 0.5) is 5.82 Å². The third-order valence-corrected chi connectivity index (χ3v) is 5.61. The van der Waals surface area contributed by atoms with Crippen molar-refractivity contribution in [3.63, 3.8) is 0 Å². The lowest BCUT2D eigenvalue weighted by atomic mass is 10.0. The van der Waals surface area contributed by atoms with Crippen LogP contribution in [0.5, 0.6) is 0 Å². The van der Waals surface area contributed by atoms with E-state index < -0.39 is 0 Å². The van der Waals surface area contributed by atoms with Gasteiger partial charge in [-0.05, 0) is 19.9 Å². The standard InChI is InChI=1S/C19H21N7O2/c1-12-5-13(2)26(23-12)18-6-17(20-11-21-18)24-7-14-9-25(10-15(14)8-24)19(27)16-3-4-22-28-16/h3-6,11,14-15H,7-10H2,1-2H3. The van der Waals surface area contributed by atoms with Crippen LogP contribution < -0.4 is 4.90 Å². The monoisotopic (exact) mass is 379 g/mol. The molecule has 2 aliphatic rings. The molecule has 0 N–H and O–H groups in total. The Bertz CT molecular complexity index is 999. The number of likely N-dealkylation sites (tertiary alicyclic amines) is 1. The van der Waals surface area contributed by atoms with Crippen LogP contribution in [0.15, 0.2) is 35.2 Å². The Morgan fingerprint density at radius 1 is 1.07 bits per heavy atom. The van der Waals surface area contributed by atoms with Crippen LogP contribution in [-0.4, -0.2) is 61.9 Å². The minimum Gasteiger partial charge on any atom is -0.356 e. The predicted octanol–water partition coefficient (Wildman–Crippen LogP) is 1.48. The molecule has 0 aliphatic carbocycles. The maximum Gasteiger partial charge on any atom is 0.292 e. The van der Waals surface area contributed by atoms with Crippen molar-refractivity contribution in [2.24, 2.45) is 11.8 Å². The smallest absolute Gasteiger partial charge is 0.292 e. The molecule has 2 aliphatic heterocycles. The second kappa shape index (κ2) is 6.43. The number of nitrogens with zero attached hydrogens (tertiary/aromatic N) is 7. The molecule has 0 bridgehead atoms. The van der Waals surface area contributed by atoms with Crippen molar-refractivity contribution in [2.45, 2.75) is 13.8 Å². The highest BCUT2D eigenvalue weighted by Gasteiger charge is 2.42. The summed E-state index contributed by atoms with van der Waals surface area (Å²) in [5.74, 6) is 2.77. The Balaban J connectivity index is 1.30. The number of hydrogen-bond acceptors (Lipinski definition) is 7. The predicted molar refractivity (Wildman–Crippen MR) is 100 cm³/mol. The van der Waals surface area contributed by atoms with Gasteiger partial charge in [0.2, 0.25) is 5.76 Å². The third-order valence-electron chi connectivity index (χ3n) is 5.61. The first-order chi connectivity index (χ1) is 13.6. The molecule has 28 heavy (non-hydrogen) atoms. The van der Waals surface area contributed by atoms with E-state index in [0.29, 0.717) is 17.6 Å². The highest BCUT2D eigenvalue weighted by atomic mass is 16.5. The van der Waals surface area contributed by atoms with Gasteiger partial charge in [0.25, 0.3) is 5.91 Å². The minimum absolute atomic E-state index is 0.0766. The molecule has 1 amide bonds. The van der Waals surface area contributed by atoms with Crippen molar-refractivity contribution in [2.75, 3.05) is 31.1 Å². The molecule has 3 aromatic heterocycles. The molecule has 3 aromatic rings. The zero-order valence-electron chi connectivity index (χ0n) is 15.8. The fourth-order valence-corrected chi connectivity index (χ4v) is 4.31. The number of carbonyl (C=O) groups excluding carboxylic acids is 1. The van der Waals surface area contributed by atoms with Gasteiger partial charge in [0.1, 0.15) is 12.1 Å². The van der Waals surface area contributed by atoms with Crippen LogP contribution in [0, 0.1) is 25.7 Å². The normalized spacial score (nSPS) is 21.4. The molecule has 0 radical (unpaired) electrons. The lowest BCUT2D eigenvalue weighted by Crippen LogP contribution is -2.33. The van der Waals surface area contributed by atoms with Crippen LogP contribution in [0.2, 0.25) is 0 Å². The maximum atomic E-state index is 12.5. The maximum absolute atomic E-state index is 12.5. The van der Waals surface area contributed by atoms with Gasteiger partial charge < -0.3 is 14.3 Å². The molecule has 144 valence electrons. The molecule has 5 rings (SSSR count). The molecule has 9 nitrogen and oxygen atoms in total. The average Bonchev–Trinajstić information content (AvgIpc) is 3.45. The van der Waals surface area contributed by atoms with Crippen molar-refractivity contribution in [3.8, 4) is 5.82 Å². The Morgan fingerprint density at radius 2 is 1.82 bits per heavy atom. The van der Waals surface area contributed by atoms with Gasteiger partial charge in [0.15, 0.2) is 5.82 Å². The molecule has 5 heterocycles. The van der Waals surface area contributed by atoms with Gasteiger partial charge in [0.05, 0.1) is 11.9 Å². The van der Waals surface area contributed by atoms with E-state index in [0.717, 1.165) is 49.2 Å². The second-order valence-corrected chi connectivity index (χ2v) is 7.59. The van der Waals surface area contributed by atoms with Crippen molar-refractivity contribution in [1.82, 2.24) is 29.8 Å². The topological polar surface area (TPSA) is 93.2 Å². The minimum atomic E-state index is -0.0766. The van der Waals surface area contributed by atoms with Crippen molar-refractivity contribution < 1.29 is 9.32 Å². The van der Waals surface area contributed by atoms with Gasteiger partial charge in [-0.3, -0.25) is 4.79 Å². The van der Waals surface area contributed by atoms with Gasteiger partial charge in [-0.2, -0.15) is 5.10 Å². The van der Waals surface area contributed by atoms with E-state index in [2.05, 4.69) is 25.1 Å². The quantitative estimate of drug-likeness (QED) is 0.680. The summed E-state index contributed by atoms with van der Waals surface area (Å²) in [5.41, 5.74) is 2.01. The van der Waals surface area contributed by atoms with E-state index in [1.807, 2.05) is 35.6 Å². The zero-order chi connectivity index (χ0) is 19.3. The first-order valence-electron chi connectivity index (χ1n) is 9.39. The summed E-state index contributed by atoms with van der Waals surface area (Å²) in [6, 6.07) is 5.63. The average molecular weight is 379 g/mol. The fraction of sp³-hybridized carbons (Fsp3) is 0.421. The van der Waals surface area contributed by atoms with Gasteiger partial charge in [-0.15, -0.1) is 0 Å². The molecule has 2 atom stereocenters. The molecule has 9 heteroatoms. The molecule has 2 fully saturated rings. The summed E-state index contributed by atoms with van der Waals surface area (Å²) < 4.78 is 6.85. The van der Waals surface area contributed by atoms with Crippen LogP contribution in [0.1, 0.15) is 21.9 Å². The van der Waals surface area contributed by atoms with E-state index in [1.54, 1.807) is 12.4 Å². The van der Waals surface area contributed by atoms with E-state index >= 15 is 0 Å². The second-order valence-electron chi connectivity index (χ2n) is 7.59. The third kappa shape index (κ3) is 2.83. The number of hydrogen-bond donors (Lipinski definition) is 0. The summed E-state index contributed by atoms with van der Waals surface area (Å²) in [5, 5.41) is 8.14. The van der Waals surface area contributed by atoms with Gasteiger partial charge in [-0.25, -0.2) is 14.6 Å². The summed E-state index contributed by atoms with van der Waals surface area (Å²) in [6.45, 7) is 7.20. The Labute approximate surface area is 162 Å². The Kier molecular flexibility index (Phi) is 3.88. The molecule has 0 spiro atoms. The highest BCUT2D eigenvalue weighted by Crippen LogP contribution is 2.34. The summed E-state index contributed by atoms with van der Waals surface area (Å²) in [6.07, 6.45) is 3.09. The Morgan fingerprint density at radius 3 is 2.46 bits per heavy atom. The highest BCUT2D eigenvalue weighted by molar-refractivity contribution is 5.91. The molecule has 0 aromatic carbocycles. The van der Waals surface area contributed by atoms with E-state index in [9.17, 15) is 4.79 Å². The lowest BCUT2D eigenvalue weighted by Gasteiger charge is -2.22. The van der Waals surface area contributed by atoms with E-state index in [1.165, 1.54) is 6.20 Å². The molecular formula is C19H21N7O2. The number of carbonyl (C=O) groups is 1. The molecule has 0 saturated carbocycles. The summed E-state index contributed by atoms with van der Waals surface area (Å²) in [4.78, 5) is 25.5. The number of amides is 1. The summed E-state index contributed by atoms with van der Waals surface area (Å²) >= 11 is 0. The van der Waals surface area contributed by atoms with Crippen LogP contribution in [0.25, 0.3) is 5.82 Å². The number of aromatic nitrogens is 5. The lowest BCUT2D eigenvalue weighted by molar-refractivity contribution is 0.0741. The van der Waals surface area contributed by atoms with Crippen molar-refractivity contribution in [3.05, 3.63) is 47.9 Å². The van der Waals surface area contributed by atoms with E-state index in [4.69, 9.17) is 4.52 Å². The van der Waals surface area contributed by atoms with Crippen LogP contribution in [0.3, 0.4) is 0 Å². The Hall–Kier alpha value is -3.23. The number of anilines is 1. The van der Waals surface area contributed by atoms with Gasteiger partial charge >= 0.3 is 0 Å². The van der Waals surface area contributed by atoms with Crippen LogP contribution >= 0.6 is 0 Å². The summed E-state index contributed by atoms with van der Waals surface area (Å²) in [7, 11) is 0. The molecular weight excluding hydrogens is 358 g/mol. The van der Waals surface area contributed by atoms with E-state index in [-0.39, 0.29) is 5.91 Å². The van der Waals surface area contributed by atoms with Crippen molar-refractivity contribution >= 4 is 11.7 Å².